The molecule has 0 radical (unpaired) electrons. The van der Waals surface area contributed by atoms with Crippen LogP contribution in [0.25, 0.3) is 0 Å². The Hall–Kier alpha value is -0.550. The van der Waals surface area contributed by atoms with Crippen LogP contribution in [-0.4, -0.2) is 12.6 Å². The Kier molecular flexibility index (Phi) is 8.25. The quantitative estimate of drug-likeness (QED) is 0.613. The Labute approximate surface area is 108 Å². The number of nitrogens with one attached hydrogen (secondary N) is 1. The molecule has 0 aliphatic rings. The van der Waals surface area contributed by atoms with Crippen LogP contribution in [0.3, 0.4) is 0 Å². The third kappa shape index (κ3) is 7.39. The first kappa shape index (κ1) is 16.4. The van der Waals surface area contributed by atoms with Gasteiger partial charge in [0.1, 0.15) is 0 Å². The maximum Gasteiger partial charge on any atom is 0.0683 e. The van der Waals surface area contributed by atoms with Crippen molar-refractivity contribution in [1.29, 1.82) is 5.26 Å². The number of rotatable bonds is 9. The molecule has 0 bridgehead atoms. The van der Waals surface area contributed by atoms with Gasteiger partial charge in [-0.15, -0.1) is 0 Å². The van der Waals surface area contributed by atoms with E-state index in [-0.39, 0.29) is 5.41 Å². The minimum Gasteiger partial charge on any atom is -0.314 e. The molecular formula is C15H30N2. The summed E-state index contributed by atoms with van der Waals surface area (Å²) in [5, 5.41) is 12.5. The van der Waals surface area contributed by atoms with Gasteiger partial charge in [0.25, 0.3) is 0 Å². The molecule has 0 fully saturated rings. The van der Waals surface area contributed by atoms with E-state index in [1.54, 1.807) is 0 Å². The van der Waals surface area contributed by atoms with E-state index in [4.69, 9.17) is 5.26 Å². The van der Waals surface area contributed by atoms with E-state index in [0.717, 1.165) is 25.3 Å². The summed E-state index contributed by atoms with van der Waals surface area (Å²) in [5.41, 5.74) is -0.152. The Morgan fingerprint density at radius 3 is 2.24 bits per heavy atom. The normalized spacial score (nSPS) is 13.7. The fourth-order valence-corrected chi connectivity index (χ4v) is 2.24. The van der Waals surface area contributed by atoms with Crippen molar-refractivity contribution in [2.45, 2.75) is 72.8 Å². The molecule has 0 aliphatic heterocycles. The second-order valence-electron chi connectivity index (χ2n) is 5.77. The number of hydrogen-bond donors (Lipinski definition) is 1. The highest BCUT2D eigenvalue weighted by atomic mass is 14.9. The lowest BCUT2D eigenvalue weighted by atomic mass is 9.89. The van der Waals surface area contributed by atoms with Gasteiger partial charge in [-0.05, 0) is 46.1 Å². The zero-order valence-corrected chi connectivity index (χ0v) is 12.3. The fourth-order valence-electron chi connectivity index (χ4n) is 2.24. The Morgan fingerprint density at radius 1 is 1.18 bits per heavy atom. The summed E-state index contributed by atoms with van der Waals surface area (Å²) < 4.78 is 0. The summed E-state index contributed by atoms with van der Waals surface area (Å²) in [7, 11) is 0. The molecule has 0 aromatic heterocycles. The third-order valence-corrected chi connectivity index (χ3v) is 3.75. The number of nitrogens with zero attached hydrogens (tertiary/aromatic N) is 1. The van der Waals surface area contributed by atoms with E-state index in [1.807, 2.05) is 13.8 Å². The molecule has 0 amide bonds. The summed E-state index contributed by atoms with van der Waals surface area (Å²) in [4.78, 5) is 0. The van der Waals surface area contributed by atoms with Crippen LogP contribution in [0.2, 0.25) is 0 Å². The standard InChI is InChI=1S/C15H30N2/c1-6-14(7-2)13(3)17-11-9-8-10-15(4,5)12-16/h13-14,17H,6-11H2,1-5H3. The van der Waals surface area contributed by atoms with Crippen LogP contribution in [0.5, 0.6) is 0 Å². The first-order valence-corrected chi connectivity index (χ1v) is 7.11. The van der Waals surface area contributed by atoms with Crippen molar-refractivity contribution < 1.29 is 0 Å². The molecule has 0 spiro atoms. The molecule has 2 heteroatoms. The molecule has 0 heterocycles. The van der Waals surface area contributed by atoms with Crippen LogP contribution >= 0.6 is 0 Å². The highest BCUT2D eigenvalue weighted by Crippen LogP contribution is 2.21. The molecule has 1 N–H and O–H groups in total. The predicted molar refractivity (Wildman–Crippen MR) is 74.8 cm³/mol. The van der Waals surface area contributed by atoms with Gasteiger partial charge in [0.2, 0.25) is 0 Å². The molecule has 100 valence electrons. The van der Waals surface area contributed by atoms with Crippen molar-refractivity contribution in [3.8, 4) is 6.07 Å². The van der Waals surface area contributed by atoms with Crippen molar-refractivity contribution in [3.05, 3.63) is 0 Å². The van der Waals surface area contributed by atoms with Crippen molar-refractivity contribution in [2.75, 3.05) is 6.54 Å². The average molecular weight is 238 g/mol. The van der Waals surface area contributed by atoms with Gasteiger partial charge in [0, 0.05) is 6.04 Å². The van der Waals surface area contributed by atoms with E-state index in [9.17, 15) is 0 Å². The summed E-state index contributed by atoms with van der Waals surface area (Å²) >= 11 is 0. The third-order valence-electron chi connectivity index (χ3n) is 3.75. The lowest BCUT2D eigenvalue weighted by Crippen LogP contribution is -2.33. The molecule has 17 heavy (non-hydrogen) atoms. The van der Waals surface area contributed by atoms with Gasteiger partial charge >= 0.3 is 0 Å². The van der Waals surface area contributed by atoms with E-state index in [1.165, 1.54) is 19.3 Å². The Bertz CT molecular complexity index is 224. The summed E-state index contributed by atoms with van der Waals surface area (Å²) in [6.45, 7) is 11.9. The highest BCUT2D eigenvalue weighted by molar-refractivity contribution is 4.91. The minimum absolute atomic E-state index is 0.152. The molecule has 0 aromatic carbocycles. The minimum atomic E-state index is -0.152. The van der Waals surface area contributed by atoms with E-state index < -0.39 is 0 Å². The zero-order chi connectivity index (χ0) is 13.3. The van der Waals surface area contributed by atoms with E-state index in [0.29, 0.717) is 6.04 Å². The molecule has 0 rings (SSSR count). The van der Waals surface area contributed by atoms with Crippen molar-refractivity contribution in [3.63, 3.8) is 0 Å². The van der Waals surface area contributed by atoms with Crippen molar-refractivity contribution in [2.24, 2.45) is 11.3 Å². The van der Waals surface area contributed by atoms with E-state index in [2.05, 4.69) is 32.2 Å². The zero-order valence-electron chi connectivity index (χ0n) is 12.3. The Morgan fingerprint density at radius 2 is 1.76 bits per heavy atom. The fraction of sp³-hybridized carbons (Fsp3) is 0.933. The second kappa shape index (κ2) is 8.53. The molecule has 2 nitrogen and oxygen atoms in total. The van der Waals surface area contributed by atoms with Crippen LogP contribution < -0.4 is 5.32 Å². The highest BCUT2D eigenvalue weighted by Gasteiger charge is 2.16. The largest absolute Gasteiger partial charge is 0.314 e. The molecule has 0 aliphatic carbocycles. The summed E-state index contributed by atoms with van der Waals surface area (Å²) in [6.07, 6.45) is 5.83. The number of hydrogen-bond acceptors (Lipinski definition) is 2. The monoisotopic (exact) mass is 238 g/mol. The van der Waals surface area contributed by atoms with Gasteiger partial charge in [0.15, 0.2) is 0 Å². The molecular weight excluding hydrogens is 208 g/mol. The predicted octanol–water partition coefficient (Wildman–Crippen LogP) is 4.12. The molecule has 0 aromatic rings. The van der Waals surface area contributed by atoms with Crippen molar-refractivity contribution in [1.82, 2.24) is 5.32 Å². The van der Waals surface area contributed by atoms with Gasteiger partial charge in [-0.25, -0.2) is 0 Å². The maximum atomic E-state index is 8.91. The summed E-state index contributed by atoms with van der Waals surface area (Å²) in [5.74, 6) is 0.797. The average Bonchev–Trinajstić information content (AvgIpc) is 2.30. The van der Waals surface area contributed by atoms with Gasteiger partial charge in [0.05, 0.1) is 11.5 Å². The molecule has 1 unspecified atom stereocenters. The van der Waals surface area contributed by atoms with Gasteiger partial charge in [-0.1, -0.05) is 33.1 Å². The van der Waals surface area contributed by atoms with Crippen LogP contribution in [-0.2, 0) is 0 Å². The van der Waals surface area contributed by atoms with Crippen LogP contribution in [0.15, 0.2) is 0 Å². The lowest BCUT2D eigenvalue weighted by Gasteiger charge is -2.23. The first-order valence-electron chi connectivity index (χ1n) is 7.11. The summed E-state index contributed by atoms with van der Waals surface area (Å²) in [6, 6.07) is 2.98. The first-order chi connectivity index (χ1) is 7.96. The second-order valence-corrected chi connectivity index (χ2v) is 5.77. The van der Waals surface area contributed by atoms with Gasteiger partial charge in [-0.3, -0.25) is 0 Å². The van der Waals surface area contributed by atoms with Gasteiger partial charge in [-0.2, -0.15) is 5.26 Å². The topological polar surface area (TPSA) is 35.8 Å². The molecule has 0 saturated carbocycles. The number of nitriles is 1. The Balaban J connectivity index is 3.62. The van der Waals surface area contributed by atoms with Gasteiger partial charge < -0.3 is 5.32 Å². The van der Waals surface area contributed by atoms with E-state index >= 15 is 0 Å². The smallest absolute Gasteiger partial charge is 0.0683 e. The molecule has 1 atom stereocenters. The van der Waals surface area contributed by atoms with Crippen LogP contribution in [0.4, 0.5) is 0 Å². The van der Waals surface area contributed by atoms with Crippen LogP contribution in [0.1, 0.15) is 66.7 Å². The number of unbranched alkanes of at least 4 members (excludes halogenated alkanes) is 1. The van der Waals surface area contributed by atoms with Crippen molar-refractivity contribution >= 4 is 0 Å². The SMILES string of the molecule is CCC(CC)C(C)NCCCCC(C)(C)C#N. The van der Waals surface area contributed by atoms with Crippen LogP contribution in [0, 0.1) is 22.7 Å². The maximum absolute atomic E-state index is 8.91. The molecule has 0 saturated heterocycles. The lowest BCUT2D eigenvalue weighted by molar-refractivity contribution is 0.346.